The Bertz CT molecular complexity index is 465. The lowest BCUT2D eigenvalue weighted by atomic mass is 9.95. The second-order valence-electron chi connectivity index (χ2n) is 6.34. The highest BCUT2D eigenvalue weighted by Crippen LogP contribution is 2.54. The average Bonchev–Trinajstić information content (AvgIpc) is 3.33. The first-order valence-electron chi connectivity index (χ1n) is 7.49. The molecule has 0 spiro atoms. The van der Waals surface area contributed by atoms with Crippen LogP contribution in [0.5, 0.6) is 0 Å². The van der Waals surface area contributed by atoms with Gasteiger partial charge in [-0.1, -0.05) is 37.3 Å². The largest absolute Gasteiger partial charge is 0.342 e. The lowest BCUT2D eigenvalue weighted by molar-refractivity contribution is -0.132. The molecular weight excluding hydrogens is 234 g/mol. The summed E-state index contributed by atoms with van der Waals surface area (Å²) in [5, 5.41) is 0. The maximum Gasteiger partial charge on any atom is 0.225 e. The van der Waals surface area contributed by atoms with Crippen LogP contribution in [0.3, 0.4) is 0 Å². The van der Waals surface area contributed by atoms with Crippen LogP contribution < -0.4 is 0 Å². The molecule has 0 aliphatic heterocycles. The van der Waals surface area contributed by atoms with Gasteiger partial charge in [-0.25, -0.2) is 0 Å². The van der Waals surface area contributed by atoms with Crippen molar-refractivity contribution >= 4 is 5.91 Å². The van der Waals surface area contributed by atoms with Crippen LogP contribution >= 0.6 is 0 Å². The number of hydrogen-bond donors (Lipinski definition) is 0. The van der Waals surface area contributed by atoms with Crippen LogP contribution in [0.4, 0.5) is 0 Å². The molecule has 2 saturated carbocycles. The van der Waals surface area contributed by atoms with E-state index in [2.05, 4.69) is 49.1 Å². The molecule has 3 rings (SSSR count). The fourth-order valence-electron chi connectivity index (χ4n) is 3.12. The number of amides is 1. The van der Waals surface area contributed by atoms with E-state index in [1.807, 2.05) is 0 Å². The molecule has 0 saturated heterocycles. The Morgan fingerprint density at radius 1 is 1.32 bits per heavy atom. The lowest BCUT2D eigenvalue weighted by Gasteiger charge is -2.22. The van der Waals surface area contributed by atoms with E-state index in [9.17, 15) is 4.79 Å². The third-order valence-electron chi connectivity index (χ3n) is 4.91. The maximum absolute atomic E-state index is 12.2. The number of rotatable bonds is 5. The van der Waals surface area contributed by atoms with E-state index in [1.54, 1.807) is 0 Å². The zero-order valence-electron chi connectivity index (χ0n) is 11.9. The Morgan fingerprint density at radius 3 is 2.58 bits per heavy atom. The molecule has 102 valence electrons. The van der Waals surface area contributed by atoms with Crippen molar-refractivity contribution in [2.24, 2.45) is 11.8 Å². The molecule has 2 heteroatoms. The SMILES string of the molecule is CCN(CC1CC1(C)c1ccccc1)C(=O)C1CC1. The van der Waals surface area contributed by atoms with Gasteiger partial charge in [0.05, 0.1) is 0 Å². The maximum atomic E-state index is 12.2. The molecule has 2 unspecified atom stereocenters. The molecule has 2 fully saturated rings. The lowest BCUT2D eigenvalue weighted by Crippen LogP contribution is -2.34. The van der Waals surface area contributed by atoms with Crippen LogP contribution in [-0.4, -0.2) is 23.9 Å². The first kappa shape index (κ1) is 12.7. The van der Waals surface area contributed by atoms with Crippen LogP contribution in [0, 0.1) is 11.8 Å². The highest BCUT2D eigenvalue weighted by atomic mass is 16.2. The van der Waals surface area contributed by atoms with Crippen molar-refractivity contribution in [1.29, 1.82) is 0 Å². The summed E-state index contributed by atoms with van der Waals surface area (Å²) in [7, 11) is 0. The number of carbonyl (C=O) groups is 1. The van der Waals surface area contributed by atoms with E-state index < -0.39 is 0 Å². The molecule has 2 aliphatic rings. The van der Waals surface area contributed by atoms with Gasteiger partial charge in [0.25, 0.3) is 0 Å². The highest BCUT2D eigenvalue weighted by Gasteiger charge is 2.52. The summed E-state index contributed by atoms with van der Waals surface area (Å²) in [6.07, 6.45) is 3.43. The minimum atomic E-state index is 0.290. The predicted molar refractivity (Wildman–Crippen MR) is 76.9 cm³/mol. The van der Waals surface area contributed by atoms with Crippen molar-refractivity contribution in [2.45, 2.75) is 38.5 Å². The normalized spacial score (nSPS) is 29.1. The number of benzene rings is 1. The summed E-state index contributed by atoms with van der Waals surface area (Å²) in [5.41, 5.74) is 1.72. The van der Waals surface area contributed by atoms with Crippen LogP contribution in [0.15, 0.2) is 30.3 Å². The summed E-state index contributed by atoms with van der Waals surface area (Å²) >= 11 is 0. The highest BCUT2D eigenvalue weighted by molar-refractivity contribution is 5.81. The number of nitrogens with zero attached hydrogens (tertiary/aromatic N) is 1. The molecule has 0 heterocycles. The second kappa shape index (κ2) is 4.66. The van der Waals surface area contributed by atoms with Gasteiger partial charge in [-0.05, 0) is 43.1 Å². The minimum Gasteiger partial charge on any atom is -0.342 e. The Kier molecular flexibility index (Phi) is 3.12. The van der Waals surface area contributed by atoms with E-state index in [1.165, 1.54) is 12.0 Å². The Labute approximate surface area is 115 Å². The first-order valence-corrected chi connectivity index (χ1v) is 7.49. The minimum absolute atomic E-state index is 0.290. The Morgan fingerprint density at radius 2 is 2.00 bits per heavy atom. The summed E-state index contributed by atoms with van der Waals surface area (Å²) in [5.74, 6) is 1.38. The van der Waals surface area contributed by atoms with Gasteiger partial charge in [0.2, 0.25) is 5.91 Å². The van der Waals surface area contributed by atoms with E-state index in [0.29, 0.717) is 23.2 Å². The van der Waals surface area contributed by atoms with Gasteiger partial charge in [-0.2, -0.15) is 0 Å². The van der Waals surface area contributed by atoms with E-state index in [-0.39, 0.29) is 0 Å². The van der Waals surface area contributed by atoms with Crippen molar-refractivity contribution < 1.29 is 4.79 Å². The fraction of sp³-hybridized carbons (Fsp3) is 0.588. The van der Waals surface area contributed by atoms with E-state index >= 15 is 0 Å². The van der Waals surface area contributed by atoms with Gasteiger partial charge in [0, 0.05) is 19.0 Å². The molecular formula is C17H23NO. The zero-order valence-corrected chi connectivity index (χ0v) is 11.9. The van der Waals surface area contributed by atoms with Gasteiger partial charge in [-0.3, -0.25) is 4.79 Å². The fourth-order valence-corrected chi connectivity index (χ4v) is 3.12. The van der Waals surface area contributed by atoms with Crippen LogP contribution in [0.2, 0.25) is 0 Å². The monoisotopic (exact) mass is 257 g/mol. The van der Waals surface area contributed by atoms with E-state index in [4.69, 9.17) is 0 Å². The molecule has 0 aromatic heterocycles. The molecule has 2 aliphatic carbocycles. The van der Waals surface area contributed by atoms with Gasteiger partial charge in [0.1, 0.15) is 0 Å². The van der Waals surface area contributed by atoms with Crippen LogP contribution in [0.1, 0.15) is 38.7 Å². The van der Waals surface area contributed by atoms with Crippen molar-refractivity contribution in [3.05, 3.63) is 35.9 Å². The molecule has 1 amide bonds. The third kappa shape index (κ3) is 2.41. The van der Waals surface area contributed by atoms with Gasteiger partial charge in [-0.15, -0.1) is 0 Å². The standard InChI is InChI=1S/C17H23NO/c1-3-18(16(19)13-9-10-13)12-15-11-17(15,2)14-7-5-4-6-8-14/h4-8,13,15H,3,9-12H2,1-2H3. The topological polar surface area (TPSA) is 20.3 Å². The molecule has 0 N–H and O–H groups in total. The smallest absolute Gasteiger partial charge is 0.225 e. The number of carbonyl (C=O) groups excluding carboxylic acids is 1. The van der Waals surface area contributed by atoms with Crippen molar-refractivity contribution in [3.8, 4) is 0 Å². The number of hydrogen-bond acceptors (Lipinski definition) is 1. The Hall–Kier alpha value is -1.31. The summed E-state index contributed by atoms with van der Waals surface area (Å²) in [6, 6.07) is 10.7. The van der Waals surface area contributed by atoms with Crippen LogP contribution in [0.25, 0.3) is 0 Å². The molecule has 1 aromatic carbocycles. The van der Waals surface area contributed by atoms with Gasteiger partial charge in [0.15, 0.2) is 0 Å². The molecule has 19 heavy (non-hydrogen) atoms. The van der Waals surface area contributed by atoms with Crippen molar-refractivity contribution in [1.82, 2.24) is 4.90 Å². The van der Waals surface area contributed by atoms with Gasteiger partial charge >= 0.3 is 0 Å². The summed E-state index contributed by atoms with van der Waals surface area (Å²) in [6.45, 7) is 6.24. The van der Waals surface area contributed by atoms with Gasteiger partial charge < -0.3 is 4.90 Å². The van der Waals surface area contributed by atoms with Crippen molar-refractivity contribution in [3.63, 3.8) is 0 Å². The second-order valence-corrected chi connectivity index (χ2v) is 6.34. The molecule has 1 aromatic rings. The predicted octanol–water partition coefficient (Wildman–Crippen LogP) is 3.22. The quantitative estimate of drug-likeness (QED) is 0.793. The van der Waals surface area contributed by atoms with Crippen LogP contribution in [-0.2, 0) is 10.2 Å². The van der Waals surface area contributed by atoms with E-state index in [0.717, 1.165) is 25.9 Å². The molecule has 2 nitrogen and oxygen atoms in total. The molecule has 0 bridgehead atoms. The average molecular weight is 257 g/mol. The Balaban J connectivity index is 1.64. The first-order chi connectivity index (χ1) is 9.15. The summed E-state index contributed by atoms with van der Waals surface area (Å²) in [4.78, 5) is 14.3. The third-order valence-corrected chi connectivity index (χ3v) is 4.91. The zero-order chi connectivity index (χ0) is 13.5. The summed E-state index contributed by atoms with van der Waals surface area (Å²) < 4.78 is 0. The molecule has 2 atom stereocenters. The van der Waals surface area contributed by atoms with Crippen molar-refractivity contribution in [2.75, 3.05) is 13.1 Å². The molecule has 0 radical (unpaired) electrons.